The normalized spacial score (nSPS) is 11.6. The summed E-state index contributed by atoms with van der Waals surface area (Å²) in [6.45, 7) is 0.470. The zero-order valence-corrected chi connectivity index (χ0v) is 12.0. The van der Waals surface area contributed by atoms with E-state index in [2.05, 4.69) is 21.2 Å². The summed E-state index contributed by atoms with van der Waals surface area (Å²) >= 11 is 4.85. The summed E-state index contributed by atoms with van der Waals surface area (Å²) in [6.07, 6.45) is -4.44. The fraction of sp³-hybridized carbons (Fsp3) is 0.167. The first-order valence-electron chi connectivity index (χ1n) is 5.30. The molecular weight excluding hydrogens is 341 g/mol. The predicted octanol–water partition coefficient (Wildman–Crippen LogP) is 4.72. The van der Waals surface area contributed by atoms with E-state index in [1.54, 1.807) is 0 Å². The molecule has 2 aromatic rings. The Hall–Kier alpha value is -1.21. The average Bonchev–Trinajstić information content (AvgIpc) is 2.72. The van der Waals surface area contributed by atoms with Gasteiger partial charge in [-0.1, -0.05) is 0 Å². The van der Waals surface area contributed by atoms with E-state index in [4.69, 9.17) is 5.73 Å². The molecular formula is C12H10BrF3N2S. The molecule has 0 unspecified atom stereocenters. The van der Waals surface area contributed by atoms with Gasteiger partial charge in [0, 0.05) is 32.6 Å². The van der Waals surface area contributed by atoms with E-state index in [0.29, 0.717) is 12.2 Å². The third-order valence-electron chi connectivity index (χ3n) is 2.45. The van der Waals surface area contributed by atoms with E-state index in [-0.39, 0.29) is 5.69 Å². The lowest BCUT2D eigenvalue weighted by atomic mass is 10.1. The minimum atomic E-state index is -4.44. The van der Waals surface area contributed by atoms with Gasteiger partial charge in [0.2, 0.25) is 0 Å². The molecule has 2 nitrogen and oxygen atoms in total. The molecule has 19 heavy (non-hydrogen) atoms. The van der Waals surface area contributed by atoms with Crippen LogP contribution in [-0.4, -0.2) is 0 Å². The van der Waals surface area contributed by atoms with E-state index >= 15 is 0 Å². The highest BCUT2D eigenvalue weighted by molar-refractivity contribution is 9.10. The quantitative estimate of drug-likeness (QED) is 0.785. The largest absolute Gasteiger partial charge is 0.418 e. The monoisotopic (exact) mass is 350 g/mol. The van der Waals surface area contributed by atoms with Gasteiger partial charge in [-0.2, -0.15) is 13.2 Å². The number of halogens is 4. The van der Waals surface area contributed by atoms with Gasteiger partial charge in [-0.25, -0.2) is 0 Å². The highest BCUT2D eigenvalue weighted by Gasteiger charge is 2.33. The molecule has 0 atom stereocenters. The zero-order valence-electron chi connectivity index (χ0n) is 9.59. The summed E-state index contributed by atoms with van der Waals surface area (Å²) in [5.74, 6) is 0. The molecule has 1 aromatic heterocycles. The highest BCUT2D eigenvalue weighted by Crippen LogP contribution is 2.35. The second-order valence-corrected chi connectivity index (χ2v) is 5.80. The Bertz CT molecular complexity index is 581. The number of nitrogens with two attached hydrogens (primary N) is 1. The van der Waals surface area contributed by atoms with Gasteiger partial charge in [0.1, 0.15) is 0 Å². The van der Waals surface area contributed by atoms with Gasteiger partial charge >= 0.3 is 6.18 Å². The summed E-state index contributed by atoms with van der Waals surface area (Å²) in [5, 5.41) is 4.87. The Labute approximate surface area is 120 Å². The maximum absolute atomic E-state index is 12.7. The lowest BCUT2D eigenvalue weighted by Gasteiger charge is -2.12. The summed E-state index contributed by atoms with van der Waals surface area (Å²) < 4.78 is 39.0. The number of rotatable bonds is 3. The van der Waals surface area contributed by atoms with Gasteiger partial charge < -0.3 is 11.1 Å². The SMILES string of the molecule is Nc1ccc(NCc2cc(Br)cs2)cc1C(F)(F)F. The van der Waals surface area contributed by atoms with Crippen molar-refractivity contribution in [2.24, 2.45) is 0 Å². The van der Waals surface area contributed by atoms with Crippen LogP contribution in [0.15, 0.2) is 34.1 Å². The number of alkyl halides is 3. The minimum Gasteiger partial charge on any atom is -0.398 e. The van der Waals surface area contributed by atoms with Gasteiger partial charge in [-0.15, -0.1) is 11.3 Å². The van der Waals surface area contributed by atoms with Crippen LogP contribution in [0.4, 0.5) is 24.5 Å². The smallest absolute Gasteiger partial charge is 0.398 e. The minimum absolute atomic E-state index is 0.267. The fourth-order valence-corrected chi connectivity index (χ4v) is 2.94. The first kappa shape index (κ1) is 14.2. The van der Waals surface area contributed by atoms with Crippen LogP contribution in [0, 0.1) is 0 Å². The van der Waals surface area contributed by atoms with E-state index < -0.39 is 11.7 Å². The van der Waals surface area contributed by atoms with Crippen LogP contribution < -0.4 is 11.1 Å². The maximum Gasteiger partial charge on any atom is 0.418 e. The van der Waals surface area contributed by atoms with Crippen molar-refractivity contribution >= 4 is 38.6 Å². The molecule has 2 rings (SSSR count). The molecule has 7 heteroatoms. The lowest BCUT2D eigenvalue weighted by Crippen LogP contribution is -2.10. The van der Waals surface area contributed by atoms with E-state index in [0.717, 1.165) is 15.4 Å². The third kappa shape index (κ3) is 3.63. The van der Waals surface area contributed by atoms with E-state index in [1.807, 2.05) is 11.4 Å². The van der Waals surface area contributed by atoms with Crippen LogP contribution in [0.3, 0.4) is 0 Å². The molecule has 0 bridgehead atoms. The Balaban J connectivity index is 2.13. The molecule has 102 valence electrons. The van der Waals surface area contributed by atoms with Crippen molar-refractivity contribution in [3.8, 4) is 0 Å². The van der Waals surface area contributed by atoms with Crippen molar-refractivity contribution in [1.82, 2.24) is 0 Å². The number of hydrogen-bond acceptors (Lipinski definition) is 3. The number of nitrogen functional groups attached to an aromatic ring is 1. The van der Waals surface area contributed by atoms with Crippen molar-refractivity contribution in [1.29, 1.82) is 0 Å². The van der Waals surface area contributed by atoms with Crippen molar-refractivity contribution in [3.63, 3.8) is 0 Å². The van der Waals surface area contributed by atoms with Crippen LogP contribution in [0.5, 0.6) is 0 Å². The van der Waals surface area contributed by atoms with Crippen molar-refractivity contribution in [2.45, 2.75) is 12.7 Å². The molecule has 0 fully saturated rings. The van der Waals surface area contributed by atoms with Gasteiger partial charge in [-0.05, 0) is 40.2 Å². The lowest BCUT2D eigenvalue weighted by molar-refractivity contribution is -0.136. The summed E-state index contributed by atoms with van der Waals surface area (Å²) in [4.78, 5) is 1.03. The topological polar surface area (TPSA) is 38.0 Å². The standard InChI is InChI=1S/C12H10BrF3N2S/c13-7-3-9(19-6-7)5-18-8-1-2-11(17)10(4-8)12(14,15)16/h1-4,6,18H,5,17H2. The third-order valence-corrected chi connectivity index (χ3v) is 4.14. The fourth-order valence-electron chi connectivity index (χ4n) is 1.55. The van der Waals surface area contributed by atoms with Crippen LogP contribution in [0.25, 0.3) is 0 Å². The van der Waals surface area contributed by atoms with Gasteiger partial charge in [0.25, 0.3) is 0 Å². The zero-order chi connectivity index (χ0) is 14.0. The van der Waals surface area contributed by atoms with Crippen molar-refractivity contribution < 1.29 is 13.2 Å². The average molecular weight is 351 g/mol. The Morgan fingerprint density at radius 1 is 1.26 bits per heavy atom. The number of anilines is 2. The molecule has 0 spiro atoms. The van der Waals surface area contributed by atoms with Crippen LogP contribution >= 0.6 is 27.3 Å². The number of hydrogen-bond donors (Lipinski definition) is 2. The number of nitrogens with one attached hydrogen (secondary N) is 1. The molecule has 3 N–H and O–H groups in total. The first-order chi connectivity index (χ1) is 8.86. The second kappa shape index (κ2) is 5.42. The molecule has 1 heterocycles. The van der Waals surface area contributed by atoms with Gasteiger partial charge in [-0.3, -0.25) is 0 Å². The summed E-state index contributed by atoms with van der Waals surface area (Å²) in [6, 6.07) is 5.74. The van der Waals surface area contributed by atoms with E-state index in [9.17, 15) is 13.2 Å². The van der Waals surface area contributed by atoms with Gasteiger partial charge in [0.05, 0.1) is 5.56 Å². The molecule has 0 radical (unpaired) electrons. The van der Waals surface area contributed by atoms with Crippen molar-refractivity contribution in [2.75, 3.05) is 11.1 Å². The Kier molecular flexibility index (Phi) is 4.05. The summed E-state index contributed by atoms with van der Waals surface area (Å²) in [7, 11) is 0. The molecule has 0 saturated carbocycles. The number of benzene rings is 1. The van der Waals surface area contributed by atoms with Crippen LogP contribution in [0.1, 0.15) is 10.4 Å². The second-order valence-electron chi connectivity index (χ2n) is 3.88. The summed E-state index contributed by atoms with van der Waals surface area (Å²) in [5.41, 5.74) is 4.65. The number of thiophene rings is 1. The van der Waals surface area contributed by atoms with Crippen molar-refractivity contribution in [3.05, 3.63) is 44.6 Å². The molecule has 0 aliphatic carbocycles. The van der Waals surface area contributed by atoms with Crippen LogP contribution in [-0.2, 0) is 12.7 Å². The van der Waals surface area contributed by atoms with Gasteiger partial charge in [0.15, 0.2) is 0 Å². The van der Waals surface area contributed by atoms with Crippen LogP contribution in [0.2, 0.25) is 0 Å². The Morgan fingerprint density at radius 3 is 2.58 bits per heavy atom. The molecule has 0 aliphatic heterocycles. The Morgan fingerprint density at radius 2 is 2.00 bits per heavy atom. The molecule has 0 aliphatic rings. The molecule has 0 amide bonds. The predicted molar refractivity (Wildman–Crippen MR) is 75.2 cm³/mol. The highest BCUT2D eigenvalue weighted by atomic mass is 79.9. The molecule has 0 saturated heterocycles. The molecule has 1 aromatic carbocycles. The first-order valence-corrected chi connectivity index (χ1v) is 6.97. The maximum atomic E-state index is 12.7. The van der Waals surface area contributed by atoms with E-state index in [1.165, 1.54) is 23.5 Å².